The van der Waals surface area contributed by atoms with Crippen LogP contribution < -0.4 is 0 Å². The number of epoxide rings is 1. The van der Waals surface area contributed by atoms with Crippen molar-refractivity contribution in [2.75, 3.05) is 0 Å². The third-order valence-corrected chi connectivity index (χ3v) is 4.84. The highest BCUT2D eigenvalue weighted by atomic mass is 35.5. The van der Waals surface area contributed by atoms with Gasteiger partial charge >= 0.3 is 5.97 Å². The molecule has 0 unspecified atom stereocenters. The molecule has 1 saturated heterocycles. The molecule has 2 aliphatic rings. The zero-order chi connectivity index (χ0) is 19.0. The van der Waals surface area contributed by atoms with E-state index in [0.717, 1.165) is 6.07 Å². The molecule has 0 radical (unpaired) electrons. The second kappa shape index (κ2) is 7.26. The molecule has 0 aromatic heterocycles. The first kappa shape index (κ1) is 18.7. The van der Waals surface area contributed by atoms with Crippen LogP contribution in [0.1, 0.15) is 35.7 Å². The van der Waals surface area contributed by atoms with E-state index in [-0.39, 0.29) is 34.8 Å². The number of carbonyl (C=O) groups is 2. The van der Waals surface area contributed by atoms with E-state index in [4.69, 9.17) is 21.1 Å². The molecule has 1 fully saturated rings. The first-order valence-corrected chi connectivity index (χ1v) is 8.63. The monoisotopic (exact) mass is 382 g/mol. The lowest BCUT2D eigenvalue weighted by Gasteiger charge is -2.17. The van der Waals surface area contributed by atoms with Crippen LogP contribution in [-0.4, -0.2) is 51.5 Å². The maximum atomic E-state index is 12.5. The number of benzene rings is 1. The van der Waals surface area contributed by atoms with Gasteiger partial charge in [-0.15, -0.1) is 0 Å². The van der Waals surface area contributed by atoms with Gasteiger partial charge in [0.05, 0.1) is 23.3 Å². The van der Waals surface area contributed by atoms with Crippen molar-refractivity contribution < 1.29 is 34.4 Å². The second-order valence-corrected chi connectivity index (χ2v) is 6.93. The molecule has 3 rings (SSSR count). The van der Waals surface area contributed by atoms with Crippen molar-refractivity contribution in [2.24, 2.45) is 0 Å². The molecule has 0 aliphatic carbocycles. The van der Waals surface area contributed by atoms with Crippen LogP contribution in [0.5, 0.6) is 11.5 Å². The highest BCUT2D eigenvalue weighted by Crippen LogP contribution is 2.38. The Bertz CT molecular complexity index is 773. The summed E-state index contributed by atoms with van der Waals surface area (Å²) in [7, 11) is 0. The van der Waals surface area contributed by atoms with Gasteiger partial charge < -0.3 is 24.8 Å². The second-order valence-electron chi connectivity index (χ2n) is 6.55. The summed E-state index contributed by atoms with van der Waals surface area (Å²) < 4.78 is 10.8. The van der Waals surface area contributed by atoms with Crippen LogP contribution in [0.15, 0.2) is 18.2 Å². The Morgan fingerprint density at radius 1 is 1.15 bits per heavy atom. The first-order valence-electron chi connectivity index (χ1n) is 8.25. The number of aliphatic hydroxyl groups is 1. The fourth-order valence-electron chi connectivity index (χ4n) is 3.06. The number of ketones is 1. The normalized spacial score (nSPS) is 30.6. The maximum Gasteiger partial charge on any atom is 0.342 e. The van der Waals surface area contributed by atoms with Crippen molar-refractivity contribution >= 4 is 23.4 Å². The summed E-state index contributed by atoms with van der Waals surface area (Å²) in [6.45, 7) is 1.68. The van der Waals surface area contributed by atoms with Gasteiger partial charge in [-0.3, -0.25) is 4.79 Å². The predicted octanol–water partition coefficient (Wildman–Crippen LogP) is 1.89. The molecular formula is C18H19ClO7. The van der Waals surface area contributed by atoms with Crippen LogP contribution in [0.4, 0.5) is 0 Å². The fraction of sp³-hybridized carbons (Fsp3) is 0.444. The lowest BCUT2D eigenvalue weighted by molar-refractivity contribution is -0.114. The maximum absolute atomic E-state index is 12.5. The van der Waals surface area contributed by atoms with Gasteiger partial charge in [-0.05, 0) is 13.0 Å². The van der Waals surface area contributed by atoms with Gasteiger partial charge in [0.15, 0.2) is 5.78 Å². The number of aromatic hydroxyl groups is 2. The zero-order valence-corrected chi connectivity index (χ0v) is 14.8. The molecule has 0 saturated carbocycles. The molecule has 0 amide bonds. The Kier molecular flexibility index (Phi) is 5.22. The van der Waals surface area contributed by atoms with Crippen molar-refractivity contribution in [3.63, 3.8) is 0 Å². The van der Waals surface area contributed by atoms with E-state index in [0.29, 0.717) is 12.8 Å². The van der Waals surface area contributed by atoms with Gasteiger partial charge in [-0.1, -0.05) is 17.7 Å². The molecule has 2 aliphatic heterocycles. The van der Waals surface area contributed by atoms with Gasteiger partial charge in [0.1, 0.15) is 23.2 Å². The molecule has 3 N–H and O–H groups in total. The molecule has 2 heterocycles. The number of halogens is 1. The van der Waals surface area contributed by atoms with E-state index in [1.807, 2.05) is 0 Å². The average molecular weight is 383 g/mol. The van der Waals surface area contributed by atoms with E-state index in [1.54, 1.807) is 6.92 Å². The van der Waals surface area contributed by atoms with E-state index >= 15 is 0 Å². The lowest BCUT2D eigenvalue weighted by Crippen LogP contribution is -2.20. The Morgan fingerprint density at radius 3 is 2.58 bits per heavy atom. The third-order valence-electron chi connectivity index (χ3n) is 4.41. The summed E-state index contributed by atoms with van der Waals surface area (Å²) in [6.07, 6.45) is 1.32. The molecule has 26 heavy (non-hydrogen) atoms. The Morgan fingerprint density at radius 2 is 1.85 bits per heavy atom. The number of carbonyl (C=O) groups excluding carboxylic acids is 2. The molecular weight excluding hydrogens is 364 g/mol. The van der Waals surface area contributed by atoms with Crippen LogP contribution in [-0.2, 0) is 20.7 Å². The average Bonchev–Trinajstić information content (AvgIpc) is 3.26. The van der Waals surface area contributed by atoms with E-state index in [9.17, 15) is 24.9 Å². The van der Waals surface area contributed by atoms with Gasteiger partial charge in [-0.2, -0.15) is 0 Å². The number of rotatable bonds is 0. The topological polar surface area (TPSA) is 117 Å². The third kappa shape index (κ3) is 4.00. The minimum Gasteiger partial charge on any atom is -0.507 e. The minimum absolute atomic E-state index is 0.0249. The van der Waals surface area contributed by atoms with Crippen molar-refractivity contribution in [2.45, 2.75) is 50.6 Å². The molecule has 7 nitrogen and oxygen atoms in total. The largest absolute Gasteiger partial charge is 0.507 e. The van der Waals surface area contributed by atoms with Crippen LogP contribution in [0, 0.1) is 0 Å². The molecule has 140 valence electrons. The summed E-state index contributed by atoms with van der Waals surface area (Å²) >= 11 is 6.05. The smallest absolute Gasteiger partial charge is 0.342 e. The highest BCUT2D eigenvalue weighted by molar-refractivity contribution is 6.33. The van der Waals surface area contributed by atoms with Crippen LogP contribution in [0.2, 0.25) is 5.02 Å². The van der Waals surface area contributed by atoms with E-state index < -0.39 is 35.5 Å². The number of esters is 1. The van der Waals surface area contributed by atoms with Crippen LogP contribution >= 0.6 is 11.6 Å². The summed E-state index contributed by atoms with van der Waals surface area (Å²) in [5, 5.41) is 29.7. The van der Waals surface area contributed by atoms with Gasteiger partial charge in [0.2, 0.25) is 0 Å². The van der Waals surface area contributed by atoms with Crippen molar-refractivity contribution in [1.29, 1.82) is 0 Å². The SMILES string of the molecule is C[C@@H]1C[C@H]2O[C@@H]2C[C@H](O)/C=C\C(=O)Cc2c(Cl)c(O)cc(O)c2C(=O)O1. The van der Waals surface area contributed by atoms with E-state index in [2.05, 4.69) is 0 Å². The molecule has 0 spiro atoms. The number of aliphatic hydroxyl groups excluding tert-OH is 1. The highest BCUT2D eigenvalue weighted by Gasteiger charge is 2.41. The number of cyclic esters (lactones) is 1. The number of phenolic OH excluding ortho intramolecular Hbond substituents is 2. The fourth-order valence-corrected chi connectivity index (χ4v) is 3.27. The minimum atomic E-state index is -0.845. The van der Waals surface area contributed by atoms with Gasteiger partial charge in [-0.25, -0.2) is 4.79 Å². The lowest BCUT2D eigenvalue weighted by atomic mass is 9.99. The van der Waals surface area contributed by atoms with Crippen molar-refractivity contribution in [1.82, 2.24) is 0 Å². The van der Waals surface area contributed by atoms with Crippen molar-refractivity contribution in [3.05, 3.63) is 34.4 Å². The standard InChI is InChI=1S/C18H19ClO7/c1-8-4-14-15(26-14)6-10(21)3-2-9(20)5-11-16(18(24)25-8)12(22)7-13(23)17(11)19/h2-3,7-8,10,14-15,21-23H,4-6H2,1H3/b3-2-/t8-,10-,14-,15-/m1/s1. The van der Waals surface area contributed by atoms with Crippen LogP contribution in [0.25, 0.3) is 0 Å². The van der Waals surface area contributed by atoms with E-state index in [1.165, 1.54) is 12.2 Å². The summed E-state index contributed by atoms with van der Waals surface area (Å²) in [5.74, 6) is -2.26. The molecule has 1 aromatic carbocycles. The summed E-state index contributed by atoms with van der Waals surface area (Å²) in [6, 6.07) is 0.931. The quantitative estimate of drug-likeness (QED) is 0.463. The molecule has 4 atom stereocenters. The predicted molar refractivity (Wildman–Crippen MR) is 91.4 cm³/mol. The summed E-state index contributed by atoms with van der Waals surface area (Å²) in [4.78, 5) is 24.7. The van der Waals surface area contributed by atoms with Crippen molar-refractivity contribution in [3.8, 4) is 11.5 Å². The Hall–Kier alpha value is -2.09. The number of hydrogen-bond donors (Lipinski definition) is 3. The molecule has 0 bridgehead atoms. The van der Waals surface area contributed by atoms with Gasteiger partial charge in [0, 0.05) is 30.9 Å². The first-order chi connectivity index (χ1) is 12.3. The number of fused-ring (bicyclic) bond motifs is 2. The number of phenols is 2. The number of hydrogen-bond acceptors (Lipinski definition) is 7. The number of allylic oxidation sites excluding steroid dienone is 1. The Labute approximate surface area is 154 Å². The Balaban J connectivity index is 1.99. The molecule has 1 aromatic rings. The van der Waals surface area contributed by atoms with Crippen LogP contribution in [0.3, 0.4) is 0 Å². The zero-order valence-electron chi connectivity index (χ0n) is 14.0. The summed E-state index contributed by atoms with van der Waals surface area (Å²) in [5.41, 5.74) is -0.282. The van der Waals surface area contributed by atoms with Gasteiger partial charge in [0.25, 0.3) is 0 Å². The number of ether oxygens (including phenoxy) is 2. The molecule has 8 heteroatoms.